The number of fused-ring (bicyclic) bond motifs is 1. The lowest BCUT2D eigenvalue weighted by molar-refractivity contribution is 0.0736. The molecule has 1 aromatic heterocycles. The molecule has 2 heterocycles. The fourth-order valence-electron chi connectivity index (χ4n) is 2.38. The van der Waals surface area contributed by atoms with Crippen LogP contribution in [-0.4, -0.2) is 24.4 Å². The molecule has 1 aliphatic rings. The van der Waals surface area contributed by atoms with E-state index < -0.39 is 0 Å². The number of thiophene rings is 1. The zero-order valence-electron chi connectivity index (χ0n) is 10.8. The molecule has 0 fully saturated rings. The molecule has 19 heavy (non-hydrogen) atoms. The van der Waals surface area contributed by atoms with Crippen molar-refractivity contribution in [2.45, 2.75) is 13.0 Å². The Labute approximate surface area is 116 Å². The lowest BCUT2D eigenvalue weighted by atomic mass is 10.1. The van der Waals surface area contributed by atoms with Crippen LogP contribution in [0.4, 0.5) is 5.69 Å². The first kappa shape index (κ1) is 12.2. The molecule has 0 atom stereocenters. The molecule has 1 aromatic carbocycles. The molecule has 98 valence electrons. The number of amides is 1. The molecule has 1 amide bonds. The summed E-state index contributed by atoms with van der Waals surface area (Å²) in [6, 6.07) is 9.78. The quantitative estimate of drug-likeness (QED) is 0.911. The molecule has 3 nitrogen and oxygen atoms in total. The summed E-state index contributed by atoms with van der Waals surface area (Å²) in [6.07, 6.45) is 0.980. The summed E-state index contributed by atoms with van der Waals surface area (Å²) in [5.74, 6) is 0.125. The maximum atomic E-state index is 12.4. The number of anilines is 1. The Bertz CT molecular complexity index is 588. The standard InChI is InChI=1S/C15H16N2OS/c1-16-13-4-2-11(3-5-13)15(18)17-8-6-14-12(10-17)7-9-19-14/h2-5,7,9,16H,6,8,10H2,1H3. The molecule has 2 aromatic rings. The fraction of sp³-hybridized carbons (Fsp3) is 0.267. The zero-order valence-corrected chi connectivity index (χ0v) is 11.7. The van der Waals surface area contributed by atoms with Crippen LogP contribution in [0.25, 0.3) is 0 Å². The van der Waals surface area contributed by atoms with E-state index in [9.17, 15) is 4.79 Å². The van der Waals surface area contributed by atoms with Crippen molar-refractivity contribution in [3.05, 3.63) is 51.7 Å². The summed E-state index contributed by atoms with van der Waals surface area (Å²) in [6.45, 7) is 1.56. The number of carbonyl (C=O) groups excluding carboxylic acids is 1. The summed E-state index contributed by atoms with van der Waals surface area (Å²) in [4.78, 5) is 15.8. The van der Waals surface area contributed by atoms with Gasteiger partial charge in [-0.2, -0.15) is 0 Å². The average molecular weight is 272 g/mol. The molecule has 0 spiro atoms. The second kappa shape index (κ2) is 5.05. The van der Waals surface area contributed by atoms with Crippen molar-refractivity contribution in [2.75, 3.05) is 18.9 Å². The van der Waals surface area contributed by atoms with Crippen LogP contribution in [0.2, 0.25) is 0 Å². The molecular formula is C15H16N2OS. The minimum Gasteiger partial charge on any atom is -0.388 e. The molecular weight excluding hydrogens is 256 g/mol. The third-order valence-electron chi connectivity index (χ3n) is 3.52. The van der Waals surface area contributed by atoms with Crippen molar-refractivity contribution in [2.24, 2.45) is 0 Å². The zero-order chi connectivity index (χ0) is 13.2. The molecule has 4 heteroatoms. The molecule has 0 radical (unpaired) electrons. The van der Waals surface area contributed by atoms with Crippen LogP contribution in [0, 0.1) is 0 Å². The summed E-state index contributed by atoms with van der Waals surface area (Å²) in [5.41, 5.74) is 3.09. The normalized spacial score (nSPS) is 14.1. The minimum absolute atomic E-state index is 0.125. The highest BCUT2D eigenvalue weighted by Gasteiger charge is 2.22. The summed E-state index contributed by atoms with van der Waals surface area (Å²) in [5, 5.41) is 5.17. The van der Waals surface area contributed by atoms with Crippen LogP contribution in [0.5, 0.6) is 0 Å². The van der Waals surface area contributed by atoms with Gasteiger partial charge in [-0.1, -0.05) is 0 Å². The molecule has 1 N–H and O–H groups in total. The smallest absolute Gasteiger partial charge is 0.254 e. The Morgan fingerprint density at radius 3 is 2.79 bits per heavy atom. The van der Waals surface area contributed by atoms with Gasteiger partial charge in [0.1, 0.15) is 0 Å². The van der Waals surface area contributed by atoms with Crippen molar-refractivity contribution in [3.8, 4) is 0 Å². The van der Waals surface area contributed by atoms with Crippen LogP contribution < -0.4 is 5.32 Å². The van der Waals surface area contributed by atoms with Crippen molar-refractivity contribution in [1.82, 2.24) is 4.90 Å². The van der Waals surface area contributed by atoms with Gasteiger partial charge in [0.15, 0.2) is 0 Å². The van der Waals surface area contributed by atoms with E-state index in [2.05, 4.69) is 16.8 Å². The minimum atomic E-state index is 0.125. The van der Waals surface area contributed by atoms with Gasteiger partial charge in [0.25, 0.3) is 5.91 Å². The van der Waals surface area contributed by atoms with E-state index >= 15 is 0 Å². The van der Waals surface area contributed by atoms with E-state index in [-0.39, 0.29) is 5.91 Å². The van der Waals surface area contributed by atoms with Crippen molar-refractivity contribution < 1.29 is 4.79 Å². The predicted molar refractivity (Wildman–Crippen MR) is 78.8 cm³/mol. The first-order valence-electron chi connectivity index (χ1n) is 6.40. The van der Waals surface area contributed by atoms with Crippen LogP contribution in [-0.2, 0) is 13.0 Å². The van der Waals surface area contributed by atoms with Crippen molar-refractivity contribution in [3.63, 3.8) is 0 Å². The van der Waals surface area contributed by atoms with E-state index in [1.807, 2.05) is 36.2 Å². The molecule has 1 aliphatic heterocycles. The number of benzene rings is 1. The highest BCUT2D eigenvalue weighted by atomic mass is 32.1. The lowest BCUT2D eigenvalue weighted by Gasteiger charge is -2.27. The van der Waals surface area contributed by atoms with Crippen molar-refractivity contribution >= 4 is 22.9 Å². The number of hydrogen-bond donors (Lipinski definition) is 1. The third-order valence-corrected chi connectivity index (χ3v) is 4.54. The van der Waals surface area contributed by atoms with Gasteiger partial charge in [0.2, 0.25) is 0 Å². The maximum Gasteiger partial charge on any atom is 0.254 e. The molecule has 0 aliphatic carbocycles. The molecule has 3 rings (SSSR count). The Kier molecular flexibility index (Phi) is 3.25. The highest BCUT2D eigenvalue weighted by molar-refractivity contribution is 7.10. The Morgan fingerprint density at radius 1 is 1.26 bits per heavy atom. The third kappa shape index (κ3) is 2.36. The lowest BCUT2D eigenvalue weighted by Crippen LogP contribution is -2.35. The number of rotatable bonds is 2. The topological polar surface area (TPSA) is 32.3 Å². The highest BCUT2D eigenvalue weighted by Crippen LogP contribution is 2.25. The second-order valence-electron chi connectivity index (χ2n) is 4.67. The van der Waals surface area contributed by atoms with E-state index in [4.69, 9.17) is 0 Å². The first-order chi connectivity index (χ1) is 9.28. The number of hydrogen-bond acceptors (Lipinski definition) is 3. The Balaban J connectivity index is 1.77. The molecule has 0 bridgehead atoms. The second-order valence-corrected chi connectivity index (χ2v) is 5.67. The predicted octanol–water partition coefficient (Wildman–Crippen LogP) is 2.99. The number of nitrogens with one attached hydrogen (secondary N) is 1. The van der Waals surface area contributed by atoms with E-state index in [1.54, 1.807) is 11.3 Å². The average Bonchev–Trinajstić information content (AvgIpc) is 2.94. The van der Waals surface area contributed by atoms with Gasteiger partial charge in [-0.25, -0.2) is 0 Å². The van der Waals surface area contributed by atoms with Gasteiger partial charge in [0.05, 0.1) is 0 Å². The van der Waals surface area contributed by atoms with Crippen molar-refractivity contribution in [1.29, 1.82) is 0 Å². The molecule has 0 unspecified atom stereocenters. The van der Waals surface area contributed by atoms with Crippen LogP contribution >= 0.6 is 11.3 Å². The van der Waals surface area contributed by atoms with E-state index in [0.29, 0.717) is 0 Å². The van der Waals surface area contributed by atoms with Crippen LogP contribution in [0.15, 0.2) is 35.7 Å². The van der Waals surface area contributed by atoms with Gasteiger partial charge in [0, 0.05) is 36.3 Å². The monoisotopic (exact) mass is 272 g/mol. The summed E-state index contributed by atoms with van der Waals surface area (Å²) in [7, 11) is 1.87. The Morgan fingerprint density at radius 2 is 2.05 bits per heavy atom. The van der Waals surface area contributed by atoms with Gasteiger partial charge in [-0.15, -0.1) is 11.3 Å². The largest absolute Gasteiger partial charge is 0.388 e. The fourth-order valence-corrected chi connectivity index (χ4v) is 3.27. The van der Waals surface area contributed by atoms with Crippen LogP contribution in [0.3, 0.4) is 0 Å². The van der Waals surface area contributed by atoms with E-state index in [1.165, 1.54) is 10.4 Å². The van der Waals surface area contributed by atoms with Gasteiger partial charge in [-0.05, 0) is 47.7 Å². The first-order valence-corrected chi connectivity index (χ1v) is 7.28. The van der Waals surface area contributed by atoms with E-state index in [0.717, 1.165) is 30.8 Å². The maximum absolute atomic E-state index is 12.4. The summed E-state index contributed by atoms with van der Waals surface area (Å²) < 4.78 is 0. The van der Waals surface area contributed by atoms with Gasteiger partial charge in [-0.3, -0.25) is 4.79 Å². The molecule has 0 saturated heterocycles. The summed E-state index contributed by atoms with van der Waals surface area (Å²) >= 11 is 1.79. The Hall–Kier alpha value is -1.81. The van der Waals surface area contributed by atoms with Crippen LogP contribution in [0.1, 0.15) is 20.8 Å². The van der Waals surface area contributed by atoms with Gasteiger partial charge < -0.3 is 10.2 Å². The van der Waals surface area contributed by atoms with Gasteiger partial charge >= 0.3 is 0 Å². The molecule has 0 saturated carbocycles. The SMILES string of the molecule is CNc1ccc(C(=O)N2CCc3sccc3C2)cc1. The number of nitrogens with zero attached hydrogens (tertiary/aromatic N) is 1. The number of carbonyl (C=O) groups is 1.